The van der Waals surface area contributed by atoms with Gasteiger partial charge in [-0.3, -0.25) is 5.01 Å². The molecule has 0 radical (unpaired) electrons. The Labute approximate surface area is 111 Å². The lowest BCUT2D eigenvalue weighted by Crippen LogP contribution is -2.23. The van der Waals surface area contributed by atoms with E-state index in [-0.39, 0.29) is 11.4 Å². The van der Waals surface area contributed by atoms with E-state index >= 15 is 0 Å². The van der Waals surface area contributed by atoms with Gasteiger partial charge in [-0.15, -0.1) is 0 Å². The SMILES string of the molecule is CCOC(=O)c1c(C)noc1/N=N/N1CCCCC1. The van der Waals surface area contributed by atoms with Gasteiger partial charge in [0.15, 0.2) is 5.56 Å². The Bertz CT molecular complexity index is 464. The molecule has 0 N–H and O–H groups in total. The Balaban J connectivity index is 2.11. The Morgan fingerprint density at radius 1 is 1.42 bits per heavy atom. The maximum Gasteiger partial charge on any atom is 0.345 e. The molecular formula is C12H18N4O3. The van der Waals surface area contributed by atoms with Crippen molar-refractivity contribution in [3.63, 3.8) is 0 Å². The number of hydrogen-bond donors (Lipinski definition) is 0. The Kier molecular flexibility index (Phi) is 4.48. The summed E-state index contributed by atoms with van der Waals surface area (Å²) in [4.78, 5) is 11.8. The zero-order valence-electron chi connectivity index (χ0n) is 11.3. The van der Waals surface area contributed by atoms with Gasteiger partial charge in [0.2, 0.25) is 0 Å². The van der Waals surface area contributed by atoms with Crippen LogP contribution in [0.5, 0.6) is 0 Å². The predicted molar refractivity (Wildman–Crippen MR) is 67.1 cm³/mol. The number of piperidine rings is 1. The monoisotopic (exact) mass is 266 g/mol. The molecule has 2 heterocycles. The number of ether oxygens (including phenoxy) is 1. The molecule has 0 amide bonds. The molecule has 0 atom stereocenters. The molecule has 1 aliphatic heterocycles. The highest BCUT2D eigenvalue weighted by Gasteiger charge is 2.22. The van der Waals surface area contributed by atoms with Gasteiger partial charge in [-0.1, -0.05) is 15.5 Å². The smallest absolute Gasteiger partial charge is 0.345 e. The predicted octanol–water partition coefficient (Wildman–Crippen LogP) is 2.64. The fraction of sp³-hybridized carbons (Fsp3) is 0.667. The van der Waals surface area contributed by atoms with E-state index in [0.717, 1.165) is 25.9 Å². The highest BCUT2D eigenvalue weighted by Crippen LogP contribution is 2.24. The molecule has 1 aromatic rings. The number of carbonyl (C=O) groups is 1. The lowest BCUT2D eigenvalue weighted by Gasteiger charge is -2.21. The van der Waals surface area contributed by atoms with Crippen LogP contribution in [0.15, 0.2) is 14.9 Å². The first-order valence-electron chi connectivity index (χ1n) is 6.52. The van der Waals surface area contributed by atoms with Crippen molar-refractivity contribution in [1.29, 1.82) is 0 Å². The van der Waals surface area contributed by atoms with Gasteiger partial charge in [0, 0.05) is 13.1 Å². The van der Waals surface area contributed by atoms with Crippen molar-refractivity contribution in [3.8, 4) is 0 Å². The minimum absolute atomic E-state index is 0.113. The van der Waals surface area contributed by atoms with Gasteiger partial charge in [-0.25, -0.2) is 4.79 Å². The molecule has 1 fully saturated rings. The van der Waals surface area contributed by atoms with Crippen molar-refractivity contribution in [1.82, 2.24) is 10.2 Å². The van der Waals surface area contributed by atoms with E-state index in [1.54, 1.807) is 13.8 Å². The molecule has 0 aliphatic carbocycles. The molecule has 1 aliphatic rings. The Hall–Kier alpha value is -1.92. The zero-order valence-corrected chi connectivity index (χ0v) is 11.3. The third kappa shape index (κ3) is 3.30. The minimum atomic E-state index is -0.478. The number of hydrogen-bond acceptors (Lipinski definition) is 6. The van der Waals surface area contributed by atoms with Gasteiger partial charge in [-0.2, -0.15) is 0 Å². The zero-order chi connectivity index (χ0) is 13.7. The van der Waals surface area contributed by atoms with E-state index in [2.05, 4.69) is 15.5 Å². The average molecular weight is 266 g/mol. The van der Waals surface area contributed by atoms with Gasteiger partial charge < -0.3 is 9.26 Å². The van der Waals surface area contributed by atoms with E-state index in [9.17, 15) is 4.79 Å². The normalized spacial score (nSPS) is 16.0. The van der Waals surface area contributed by atoms with Crippen molar-refractivity contribution in [2.24, 2.45) is 10.3 Å². The summed E-state index contributed by atoms with van der Waals surface area (Å²) in [5.41, 5.74) is 0.716. The lowest BCUT2D eigenvalue weighted by atomic mass is 10.2. The second-order valence-electron chi connectivity index (χ2n) is 4.37. The molecule has 0 bridgehead atoms. The highest BCUT2D eigenvalue weighted by molar-refractivity contribution is 5.94. The summed E-state index contributed by atoms with van der Waals surface area (Å²) < 4.78 is 9.96. The third-order valence-corrected chi connectivity index (χ3v) is 2.92. The van der Waals surface area contributed by atoms with Gasteiger partial charge in [-0.05, 0) is 33.1 Å². The maximum atomic E-state index is 11.8. The molecule has 0 spiro atoms. The number of aryl methyl sites for hydroxylation is 1. The Morgan fingerprint density at radius 2 is 2.16 bits per heavy atom. The van der Waals surface area contributed by atoms with E-state index in [1.807, 2.05) is 5.01 Å². The second kappa shape index (κ2) is 6.31. The summed E-state index contributed by atoms with van der Waals surface area (Å²) in [5, 5.41) is 13.7. The number of carbonyl (C=O) groups excluding carboxylic acids is 1. The van der Waals surface area contributed by atoms with E-state index in [0.29, 0.717) is 12.3 Å². The average Bonchev–Trinajstić information content (AvgIpc) is 2.79. The summed E-state index contributed by atoms with van der Waals surface area (Å²) in [7, 11) is 0. The summed E-state index contributed by atoms with van der Waals surface area (Å²) in [6.07, 6.45) is 3.44. The molecule has 0 aromatic carbocycles. The first kappa shape index (κ1) is 13.5. The van der Waals surface area contributed by atoms with Crippen LogP contribution in [0.2, 0.25) is 0 Å². The van der Waals surface area contributed by atoms with E-state index < -0.39 is 5.97 Å². The maximum absolute atomic E-state index is 11.8. The molecule has 1 aromatic heterocycles. The van der Waals surface area contributed by atoms with Crippen LogP contribution in [0.1, 0.15) is 42.2 Å². The van der Waals surface area contributed by atoms with Crippen molar-refractivity contribution in [2.75, 3.05) is 19.7 Å². The second-order valence-corrected chi connectivity index (χ2v) is 4.37. The first-order valence-corrected chi connectivity index (χ1v) is 6.52. The number of aromatic nitrogens is 1. The Morgan fingerprint density at radius 3 is 2.84 bits per heavy atom. The van der Waals surface area contributed by atoms with Crippen LogP contribution >= 0.6 is 0 Å². The molecule has 0 unspecified atom stereocenters. The highest BCUT2D eigenvalue weighted by atomic mass is 16.5. The van der Waals surface area contributed by atoms with Crippen LogP contribution in [-0.4, -0.2) is 35.8 Å². The molecule has 0 saturated carbocycles. The van der Waals surface area contributed by atoms with E-state index in [4.69, 9.17) is 9.26 Å². The summed E-state index contributed by atoms with van der Waals surface area (Å²) >= 11 is 0. The summed E-state index contributed by atoms with van der Waals surface area (Å²) in [6, 6.07) is 0. The van der Waals surface area contributed by atoms with Crippen molar-refractivity contribution >= 4 is 11.9 Å². The summed E-state index contributed by atoms with van der Waals surface area (Å²) in [5.74, 6) is -0.365. The molecule has 19 heavy (non-hydrogen) atoms. The van der Waals surface area contributed by atoms with Crippen molar-refractivity contribution in [3.05, 3.63) is 11.3 Å². The van der Waals surface area contributed by atoms with Crippen LogP contribution in [-0.2, 0) is 4.74 Å². The fourth-order valence-electron chi connectivity index (χ4n) is 1.93. The summed E-state index contributed by atoms with van der Waals surface area (Å²) in [6.45, 7) is 5.48. The first-order chi connectivity index (χ1) is 9.22. The van der Waals surface area contributed by atoms with Gasteiger partial charge in [0.25, 0.3) is 5.88 Å². The van der Waals surface area contributed by atoms with Crippen LogP contribution < -0.4 is 0 Å². The van der Waals surface area contributed by atoms with Crippen LogP contribution in [0.3, 0.4) is 0 Å². The van der Waals surface area contributed by atoms with Crippen molar-refractivity contribution in [2.45, 2.75) is 33.1 Å². The molecule has 1 saturated heterocycles. The number of nitrogens with zero attached hydrogens (tertiary/aromatic N) is 4. The molecule has 2 rings (SSSR count). The van der Waals surface area contributed by atoms with Gasteiger partial charge in [0.1, 0.15) is 0 Å². The van der Waals surface area contributed by atoms with Crippen molar-refractivity contribution < 1.29 is 14.1 Å². The third-order valence-electron chi connectivity index (χ3n) is 2.92. The lowest BCUT2D eigenvalue weighted by molar-refractivity contribution is 0.0526. The van der Waals surface area contributed by atoms with Gasteiger partial charge >= 0.3 is 5.97 Å². The molecular weight excluding hydrogens is 248 g/mol. The fourth-order valence-corrected chi connectivity index (χ4v) is 1.93. The van der Waals surface area contributed by atoms with Crippen LogP contribution in [0.25, 0.3) is 0 Å². The number of rotatable bonds is 4. The van der Waals surface area contributed by atoms with E-state index in [1.165, 1.54) is 6.42 Å². The topological polar surface area (TPSA) is 80.3 Å². The quantitative estimate of drug-likeness (QED) is 0.618. The standard InChI is InChI=1S/C12H18N4O3/c1-3-18-12(17)10-9(2)14-19-11(10)13-15-16-7-5-4-6-8-16/h3-8H2,1-2H3/b15-13+. The molecule has 7 nitrogen and oxygen atoms in total. The van der Waals surface area contributed by atoms with Crippen LogP contribution in [0.4, 0.5) is 5.88 Å². The minimum Gasteiger partial charge on any atom is -0.462 e. The molecule has 104 valence electrons. The largest absolute Gasteiger partial charge is 0.462 e. The van der Waals surface area contributed by atoms with Crippen LogP contribution in [0, 0.1) is 6.92 Å². The molecule has 7 heteroatoms. The number of esters is 1. The van der Waals surface area contributed by atoms with Gasteiger partial charge in [0.05, 0.1) is 12.3 Å².